The summed E-state index contributed by atoms with van der Waals surface area (Å²) < 4.78 is 3.99. The lowest BCUT2D eigenvalue weighted by molar-refractivity contribution is 0.102. The van der Waals surface area contributed by atoms with E-state index < -0.39 is 0 Å². The molecule has 0 aliphatic heterocycles. The third-order valence-corrected chi connectivity index (χ3v) is 4.66. The average Bonchev–Trinajstić information content (AvgIpc) is 3.33. The number of rotatable bonds is 4. The molecule has 2 aromatic heterocycles. The Morgan fingerprint density at radius 1 is 1.00 bits per heavy atom. The lowest BCUT2D eigenvalue weighted by Gasteiger charge is -2.13. The number of anilines is 1. The number of amides is 1. The van der Waals surface area contributed by atoms with E-state index in [9.17, 15) is 4.79 Å². The van der Waals surface area contributed by atoms with Gasteiger partial charge in [0.15, 0.2) is 5.82 Å². The first kappa shape index (κ1) is 20.4. The molecule has 0 saturated carbocycles. The molecule has 0 radical (unpaired) electrons. The van der Waals surface area contributed by atoms with Crippen molar-refractivity contribution in [1.82, 2.24) is 14.3 Å². The molecule has 0 bridgehead atoms. The van der Waals surface area contributed by atoms with Crippen LogP contribution in [0.5, 0.6) is 0 Å². The van der Waals surface area contributed by atoms with Crippen molar-refractivity contribution in [3.8, 4) is 5.69 Å². The van der Waals surface area contributed by atoms with Gasteiger partial charge in [-0.25, -0.2) is 4.68 Å². The highest BCUT2D eigenvalue weighted by molar-refractivity contribution is 6.05. The molecule has 0 fully saturated rings. The zero-order chi connectivity index (χ0) is 21.0. The Balaban J connectivity index is 0.00000117. The van der Waals surface area contributed by atoms with E-state index in [1.54, 1.807) is 10.7 Å². The molecule has 5 heteroatoms. The van der Waals surface area contributed by atoms with Crippen molar-refractivity contribution < 1.29 is 4.79 Å². The van der Waals surface area contributed by atoms with Crippen LogP contribution in [0.15, 0.2) is 66.9 Å². The van der Waals surface area contributed by atoms with Crippen LogP contribution in [0.1, 0.15) is 49.8 Å². The topological polar surface area (TPSA) is 51.9 Å². The predicted molar refractivity (Wildman–Crippen MR) is 120 cm³/mol. The van der Waals surface area contributed by atoms with Crippen LogP contribution in [0.2, 0.25) is 0 Å². The van der Waals surface area contributed by atoms with Crippen LogP contribution in [0.3, 0.4) is 0 Å². The second kappa shape index (κ2) is 8.78. The quantitative estimate of drug-likeness (QED) is 0.466. The lowest BCUT2D eigenvalue weighted by atomic mass is 10.1. The minimum atomic E-state index is -0.163. The zero-order valence-corrected chi connectivity index (χ0v) is 17.7. The summed E-state index contributed by atoms with van der Waals surface area (Å²) in [4.78, 5) is 12.7. The van der Waals surface area contributed by atoms with Gasteiger partial charge in [0.2, 0.25) is 0 Å². The summed E-state index contributed by atoms with van der Waals surface area (Å²) in [6.45, 7) is 10.4. The van der Waals surface area contributed by atoms with Crippen LogP contribution in [0, 0.1) is 6.92 Å². The van der Waals surface area contributed by atoms with Gasteiger partial charge in [0.1, 0.15) is 0 Å². The summed E-state index contributed by atoms with van der Waals surface area (Å²) in [6, 6.07) is 19.9. The molecule has 150 valence electrons. The number of aryl methyl sites for hydroxylation is 1. The molecule has 4 aromatic rings. The predicted octanol–water partition coefficient (Wildman–Crippen LogP) is 5.99. The van der Waals surface area contributed by atoms with E-state index in [-0.39, 0.29) is 5.91 Å². The number of benzene rings is 2. The van der Waals surface area contributed by atoms with Crippen molar-refractivity contribution in [2.75, 3.05) is 5.32 Å². The fourth-order valence-corrected chi connectivity index (χ4v) is 3.49. The molecule has 2 heterocycles. The number of fused-ring (bicyclic) bond motifs is 1. The fraction of sp³-hybridized carbons (Fsp3) is 0.250. The Labute approximate surface area is 172 Å². The van der Waals surface area contributed by atoms with E-state index in [1.807, 2.05) is 68.6 Å². The molecule has 5 nitrogen and oxygen atoms in total. The van der Waals surface area contributed by atoms with Crippen molar-refractivity contribution in [3.63, 3.8) is 0 Å². The molecule has 4 rings (SSSR count). The minimum absolute atomic E-state index is 0.163. The molecule has 0 unspecified atom stereocenters. The number of carbonyl (C=O) groups is 1. The Morgan fingerprint density at radius 3 is 2.41 bits per heavy atom. The van der Waals surface area contributed by atoms with Crippen molar-refractivity contribution in [1.29, 1.82) is 0 Å². The molecule has 0 aliphatic carbocycles. The normalized spacial score (nSPS) is 10.7. The summed E-state index contributed by atoms with van der Waals surface area (Å²) in [6.07, 6.45) is 1.83. The maximum absolute atomic E-state index is 12.7. The van der Waals surface area contributed by atoms with Gasteiger partial charge in [-0.3, -0.25) is 4.79 Å². The third kappa shape index (κ3) is 4.24. The van der Waals surface area contributed by atoms with Gasteiger partial charge in [0.25, 0.3) is 5.91 Å². The van der Waals surface area contributed by atoms with Crippen LogP contribution in [-0.2, 0) is 0 Å². The summed E-state index contributed by atoms with van der Waals surface area (Å²) in [7, 11) is 0. The monoisotopic (exact) mass is 388 g/mol. The maximum Gasteiger partial charge on any atom is 0.256 e. The van der Waals surface area contributed by atoms with E-state index in [1.165, 1.54) is 5.69 Å². The highest BCUT2D eigenvalue weighted by atomic mass is 16.1. The summed E-state index contributed by atoms with van der Waals surface area (Å²) >= 11 is 0. The number of carbonyl (C=O) groups excluding carboxylic acids is 1. The van der Waals surface area contributed by atoms with Gasteiger partial charge in [-0.15, -0.1) is 0 Å². The van der Waals surface area contributed by atoms with Crippen molar-refractivity contribution >= 4 is 22.6 Å². The fourth-order valence-electron chi connectivity index (χ4n) is 3.49. The number of nitrogens with zero attached hydrogens (tertiary/aromatic N) is 3. The Hall–Kier alpha value is -3.34. The third-order valence-electron chi connectivity index (χ3n) is 4.66. The van der Waals surface area contributed by atoms with Crippen LogP contribution in [0.4, 0.5) is 5.82 Å². The Morgan fingerprint density at radius 2 is 1.72 bits per heavy atom. The first-order valence-electron chi connectivity index (χ1n) is 10.1. The van der Waals surface area contributed by atoms with Gasteiger partial charge in [-0.2, -0.15) is 5.10 Å². The lowest BCUT2D eigenvalue weighted by Crippen LogP contribution is -2.13. The molecular formula is C24H28N4O. The molecule has 1 amide bonds. The number of nitrogens with one attached hydrogen (secondary N) is 1. The molecule has 29 heavy (non-hydrogen) atoms. The van der Waals surface area contributed by atoms with Gasteiger partial charge in [0.05, 0.1) is 5.69 Å². The SMILES string of the molecule is CC.Cc1cc2ccc(C(=O)Nc3ccn(-c4ccccc4)n3)cc2n1C(C)C. The molecule has 0 spiro atoms. The largest absolute Gasteiger partial charge is 0.342 e. The van der Waals surface area contributed by atoms with Gasteiger partial charge in [0, 0.05) is 35.1 Å². The summed E-state index contributed by atoms with van der Waals surface area (Å²) in [5.74, 6) is 0.365. The van der Waals surface area contributed by atoms with Crippen molar-refractivity contribution in [2.24, 2.45) is 0 Å². The van der Waals surface area contributed by atoms with Crippen LogP contribution >= 0.6 is 0 Å². The van der Waals surface area contributed by atoms with Crippen molar-refractivity contribution in [2.45, 2.75) is 40.7 Å². The molecular weight excluding hydrogens is 360 g/mol. The summed E-state index contributed by atoms with van der Waals surface area (Å²) in [5, 5.41) is 8.47. The van der Waals surface area contributed by atoms with Gasteiger partial charge in [-0.1, -0.05) is 38.1 Å². The molecule has 0 atom stereocenters. The molecule has 1 N–H and O–H groups in total. The standard InChI is InChI=1S/C22H22N4O.C2H6/c1-15(2)26-16(3)13-17-9-10-18(14-20(17)26)22(27)23-21-11-12-25(24-21)19-7-5-4-6-8-19;1-2/h4-15H,1-3H3,(H,23,24,27);1-2H3. The first-order valence-corrected chi connectivity index (χ1v) is 10.1. The maximum atomic E-state index is 12.7. The Kier molecular flexibility index (Phi) is 6.17. The highest BCUT2D eigenvalue weighted by Crippen LogP contribution is 2.25. The first-order chi connectivity index (χ1) is 14.0. The molecule has 0 saturated heterocycles. The number of hydrogen-bond donors (Lipinski definition) is 1. The second-order valence-corrected chi connectivity index (χ2v) is 6.96. The highest BCUT2D eigenvalue weighted by Gasteiger charge is 2.13. The number of aromatic nitrogens is 3. The Bertz CT molecular complexity index is 1110. The van der Waals surface area contributed by atoms with E-state index in [2.05, 4.69) is 41.8 Å². The minimum Gasteiger partial charge on any atom is -0.342 e. The zero-order valence-electron chi connectivity index (χ0n) is 17.7. The van der Waals surface area contributed by atoms with Crippen molar-refractivity contribution in [3.05, 3.63) is 78.1 Å². The molecule has 0 aliphatic rings. The van der Waals surface area contributed by atoms with E-state index >= 15 is 0 Å². The van der Waals surface area contributed by atoms with Crippen LogP contribution in [-0.4, -0.2) is 20.3 Å². The van der Waals surface area contributed by atoms with E-state index in [4.69, 9.17) is 0 Å². The van der Waals surface area contributed by atoms with Crippen LogP contribution < -0.4 is 5.32 Å². The smallest absolute Gasteiger partial charge is 0.256 e. The number of para-hydroxylation sites is 1. The van der Waals surface area contributed by atoms with Gasteiger partial charge >= 0.3 is 0 Å². The summed E-state index contributed by atoms with van der Waals surface area (Å²) in [5.41, 5.74) is 3.84. The second-order valence-electron chi connectivity index (χ2n) is 6.96. The van der Waals surface area contributed by atoms with E-state index in [0.717, 1.165) is 16.6 Å². The molecule has 2 aromatic carbocycles. The van der Waals surface area contributed by atoms with E-state index in [0.29, 0.717) is 17.4 Å². The number of hydrogen-bond acceptors (Lipinski definition) is 2. The van der Waals surface area contributed by atoms with Crippen LogP contribution in [0.25, 0.3) is 16.6 Å². The van der Waals surface area contributed by atoms with Gasteiger partial charge in [-0.05, 0) is 56.5 Å². The van der Waals surface area contributed by atoms with Gasteiger partial charge < -0.3 is 9.88 Å². The average molecular weight is 389 g/mol.